The van der Waals surface area contributed by atoms with Gasteiger partial charge >= 0.3 is 0 Å². The fraction of sp³-hybridized carbons (Fsp3) is 0.263. The molecule has 1 heterocycles. The quantitative estimate of drug-likeness (QED) is 0.384. The zero-order valence-electron chi connectivity index (χ0n) is 15.3. The number of hydrogen-bond acceptors (Lipinski definition) is 5. The minimum Gasteiger partial charge on any atom is -0.366 e. The van der Waals surface area contributed by atoms with Gasteiger partial charge in [0.2, 0.25) is 0 Å². The van der Waals surface area contributed by atoms with Crippen molar-refractivity contribution < 1.29 is 9.72 Å². The van der Waals surface area contributed by atoms with Crippen LogP contribution in [-0.4, -0.2) is 29.0 Å². The molecule has 1 fully saturated rings. The van der Waals surface area contributed by atoms with E-state index in [9.17, 15) is 14.9 Å². The summed E-state index contributed by atoms with van der Waals surface area (Å²) >= 11 is 17.0. The smallest absolute Gasteiger partial charge is 0.293 e. The summed E-state index contributed by atoms with van der Waals surface area (Å²) in [6.07, 6.45) is 3.11. The van der Waals surface area contributed by atoms with E-state index in [1.165, 1.54) is 6.07 Å². The second-order valence-corrected chi connectivity index (χ2v) is 7.77. The summed E-state index contributed by atoms with van der Waals surface area (Å²) in [5.41, 5.74) is 1.14. The lowest BCUT2D eigenvalue weighted by atomic mass is 10.1. The number of nitro groups is 1. The largest absolute Gasteiger partial charge is 0.366 e. The van der Waals surface area contributed by atoms with Crippen LogP contribution in [0.1, 0.15) is 29.6 Å². The van der Waals surface area contributed by atoms with Crippen LogP contribution in [0.2, 0.25) is 10.0 Å². The topological polar surface area (TPSA) is 87.5 Å². The van der Waals surface area contributed by atoms with Crippen LogP contribution in [0.5, 0.6) is 0 Å². The Labute approximate surface area is 183 Å². The Balaban J connectivity index is 1.72. The zero-order chi connectivity index (χ0) is 21.0. The number of rotatable bonds is 4. The third-order valence-electron chi connectivity index (χ3n) is 4.54. The highest BCUT2D eigenvalue weighted by Crippen LogP contribution is 2.31. The number of carbonyl (C=O) groups excluding carboxylic acids is 1. The SMILES string of the molecule is O=C(NC(=S)Nc1ccc(Cl)c(Cl)c1)c1ccc(N2CCCCC2)c([N+](=O)[O-])c1. The van der Waals surface area contributed by atoms with Crippen LogP contribution in [0.4, 0.5) is 17.1 Å². The van der Waals surface area contributed by atoms with Gasteiger partial charge in [-0.1, -0.05) is 23.2 Å². The van der Waals surface area contributed by atoms with Gasteiger partial charge in [-0.3, -0.25) is 20.2 Å². The van der Waals surface area contributed by atoms with Gasteiger partial charge in [-0.15, -0.1) is 0 Å². The highest BCUT2D eigenvalue weighted by Gasteiger charge is 2.23. The molecule has 10 heteroatoms. The Kier molecular flexibility index (Phi) is 6.89. The molecule has 29 heavy (non-hydrogen) atoms. The van der Waals surface area contributed by atoms with E-state index in [0.29, 0.717) is 21.4 Å². The first-order valence-corrected chi connectivity index (χ1v) is 10.1. The highest BCUT2D eigenvalue weighted by molar-refractivity contribution is 7.80. The van der Waals surface area contributed by atoms with E-state index in [1.54, 1.807) is 30.3 Å². The lowest BCUT2D eigenvalue weighted by Crippen LogP contribution is -2.34. The lowest BCUT2D eigenvalue weighted by molar-refractivity contribution is -0.384. The monoisotopic (exact) mass is 452 g/mol. The molecule has 2 N–H and O–H groups in total. The second-order valence-electron chi connectivity index (χ2n) is 6.55. The number of anilines is 2. The average molecular weight is 453 g/mol. The third kappa shape index (κ3) is 5.35. The van der Waals surface area contributed by atoms with Crippen molar-refractivity contribution in [3.05, 3.63) is 62.1 Å². The van der Waals surface area contributed by atoms with Crippen LogP contribution in [0, 0.1) is 10.1 Å². The van der Waals surface area contributed by atoms with E-state index in [-0.39, 0.29) is 16.4 Å². The number of carbonyl (C=O) groups is 1. The van der Waals surface area contributed by atoms with Gasteiger partial charge in [-0.2, -0.15) is 0 Å². The van der Waals surface area contributed by atoms with Gasteiger partial charge in [0, 0.05) is 30.4 Å². The predicted octanol–water partition coefficient (Wildman–Crippen LogP) is 5.02. The normalized spacial score (nSPS) is 13.7. The van der Waals surface area contributed by atoms with E-state index in [0.717, 1.165) is 32.4 Å². The molecule has 0 spiro atoms. The maximum atomic E-state index is 12.5. The standard InChI is InChI=1S/C19H18Cl2N4O3S/c20-14-6-5-13(11-15(14)21)22-19(29)23-18(26)12-4-7-16(17(10-12)25(27)28)24-8-2-1-3-9-24/h4-7,10-11H,1-3,8-9H2,(H2,22,23,26,29). The molecule has 0 aliphatic carbocycles. The minimum atomic E-state index is -0.546. The van der Waals surface area contributed by atoms with E-state index < -0.39 is 10.8 Å². The van der Waals surface area contributed by atoms with Gasteiger partial charge in [0.05, 0.1) is 15.0 Å². The van der Waals surface area contributed by atoms with Crippen LogP contribution in [-0.2, 0) is 0 Å². The fourth-order valence-electron chi connectivity index (χ4n) is 3.12. The number of thiocarbonyl (C=S) groups is 1. The second kappa shape index (κ2) is 9.39. The van der Waals surface area contributed by atoms with Gasteiger partial charge in [0.1, 0.15) is 5.69 Å². The van der Waals surface area contributed by atoms with Gasteiger partial charge in [-0.05, 0) is 61.8 Å². The molecular weight excluding hydrogens is 435 g/mol. The maximum Gasteiger partial charge on any atom is 0.293 e. The van der Waals surface area contributed by atoms with Crippen LogP contribution in [0.25, 0.3) is 0 Å². The molecular formula is C19H18Cl2N4O3S. The molecule has 0 saturated carbocycles. The minimum absolute atomic E-state index is 0.0381. The molecule has 0 unspecified atom stereocenters. The molecule has 1 amide bonds. The predicted molar refractivity (Wildman–Crippen MR) is 119 cm³/mol. The van der Waals surface area contributed by atoms with Gasteiger partial charge < -0.3 is 10.2 Å². The first kappa shape index (κ1) is 21.3. The number of benzene rings is 2. The van der Waals surface area contributed by atoms with Crippen molar-refractivity contribution in [3.8, 4) is 0 Å². The van der Waals surface area contributed by atoms with E-state index in [2.05, 4.69) is 10.6 Å². The molecule has 0 atom stereocenters. The first-order chi connectivity index (χ1) is 13.8. The van der Waals surface area contributed by atoms with Gasteiger partial charge in [-0.25, -0.2) is 0 Å². The molecule has 1 aliphatic rings. The van der Waals surface area contributed by atoms with Crippen molar-refractivity contribution in [3.63, 3.8) is 0 Å². The molecule has 1 aliphatic heterocycles. The molecule has 1 saturated heterocycles. The zero-order valence-corrected chi connectivity index (χ0v) is 17.6. The van der Waals surface area contributed by atoms with E-state index >= 15 is 0 Å². The average Bonchev–Trinajstić information content (AvgIpc) is 2.70. The number of nitrogens with one attached hydrogen (secondary N) is 2. The van der Waals surface area contributed by atoms with E-state index in [1.807, 2.05) is 4.90 Å². The number of nitrogens with zero attached hydrogens (tertiary/aromatic N) is 2. The molecule has 152 valence electrons. The number of piperidine rings is 1. The molecule has 2 aromatic rings. The number of halogens is 2. The van der Waals surface area contributed by atoms with Crippen molar-refractivity contribution >= 4 is 63.5 Å². The summed E-state index contributed by atoms with van der Waals surface area (Å²) < 4.78 is 0. The summed E-state index contributed by atoms with van der Waals surface area (Å²) in [5.74, 6) is -0.546. The summed E-state index contributed by atoms with van der Waals surface area (Å²) in [7, 11) is 0. The molecule has 3 rings (SSSR count). The summed E-state index contributed by atoms with van der Waals surface area (Å²) in [6, 6.07) is 9.29. The van der Waals surface area contributed by atoms with Crippen molar-refractivity contribution in [2.24, 2.45) is 0 Å². The van der Waals surface area contributed by atoms with Gasteiger partial charge in [0.25, 0.3) is 11.6 Å². The Morgan fingerprint density at radius 1 is 1.07 bits per heavy atom. The molecule has 7 nitrogen and oxygen atoms in total. The van der Waals surface area contributed by atoms with Crippen LogP contribution >= 0.6 is 35.4 Å². The van der Waals surface area contributed by atoms with Crippen molar-refractivity contribution in [2.45, 2.75) is 19.3 Å². The summed E-state index contributed by atoms with van der Waals surface area (Å²) in [6.45, 7) is 1.54. The Morgan fingerprint density at radius 2 is 1.79 bits per heavy atom. The fourth-order valence-corrected chi connectivity index (χ4v) is 3.63. The van der Waals surface area contributed by atoms with Crippen LogP contribution in [0.15, 0.2) is 36.4 Å². The summed E-state index contributed by atoms with van der Waals surface area (Å²) in [4.78, 5) is 25.6. The number of amides is 1. The lowest BCUT2D eigenvalue weighted by Gasteiger charge is -2.28. The van der Waals surface area contributed by atoms with Crippen LogP contribution in [0.3, 0.4) is 0 Å². The van der Waals surface area contributed by atoms with Crippen molar-refractivity contribution in [1.82, 2.24) is 5.32 Å². The summed E-state index contributed by atoms with van der Waals surface area (Å²) in [5, 5.41) is 17.7. The highest BCUT2D eigenvalue weighted by atomic mass is 35.5. The number of hydrogen-bond donors (Lipinski definition) is 2. The molecule has 0 bridgehead atoms. The molecule has 0 radical (unpaired) electrons. The molecule has 2 aromatic carbocycles. The van der Waals surface area contributed by atoms with Crippen molar-refractivity contribution in [2.75, 3.05) is 23.3 Å². The van der Waals surface area contributed by atoms with Gasteiger partial charge in [0.15, 0.2) is 5.11 Å². The Morgan fingerprint density at radius 3 is 2.45 bits per heavy atom. The number of nitro benzene ring substituents is 1. The molecule has 0 aromatic heterocycles. The Bertz CT molecular complexity index is 964. The Hall–Kier alpha value is -2.42. The van der Waals surface area contributed by atoms with E-state index in [4.69, 9.17) is 35.4 Å². The maximum absolute atomic E-state index is 12.5. The first-order valence-electron chi connectivity index (χ1n) is 8.96. The van der Waals surface area contributed by atoms with Crippen molar-refractivity contribution in [1.29, 1.82) is 0 Å². The third-order valence-corrected chi connectivity index (χ3v) is 5.48. The van der Waals surface area contributed by atoms with Crippen LogP contribution < -0.4 is 15.5 Å².